The van der Waals surface area contributed by atoms with Crippen LogP contribution in [-0.4, -0.2) is 107 Å². The molecule has 4 amide bonds. The fourth-order valence-electron chi connectivity index (χ4n) is 7.98. The highest BCUT2D eigenvalue weighted by Gasteiger charge is 2.40. The van der Waals surface area contributed by atoms with Crippen LogP contribution in [0, 0.1) is 11.8 Å². The van der Waals surface area contributed by atoms with Gasteiger partial charge in [0.25, 0.3) is 5.91 Å². The predicted molar refractivity (Wildman–Crippen MR) is 219 cm³/mol. The van der Waals surface area contributed by atoms with Crippen molar-refractivity contribution < 1.29 is 38.1 Å². The van der Waals surface area contributed by atoms with Gasteiger partial charge in [-0.3, -0.25) is 9.59 Å². The molecular weight excluding hydrogens is 757 g/mol. The van der Waals surface area contributed by atoms with Crippen molar-refractivity contribution in [3.05, 3.63) is 72.1 Å². The van der Waals surface area contributed by atoms with Crippen molar-refractivity contribution in [3.63, 3.8) is 0 Å². The first-order chi connectivity index (χ1) is 28.3. The molecule has 2 aliphatic heterocycles. The van der Waals surface area contributed by atoms with E-state index >= 15 is 0 Å². The summed E-state index contributed by atoms with van der Waals surface area (Å²) in [4.78, 5) is 71.1. The fourth-order valence-corrected chi connectivity index (χ4v) is 7.98. The number of nitrogens with two attached hydrogens (primary N) is 1. The van der Waals surface area contributed by atoms with Crippen LogP contribution in [0.1, 0.15) is 82.8 Å². The quantitative estimate of drug-likeness (QED) is 0.101. The Morgan fingerprint density at radius 1 is 0.780 bits per heavy atom. The van der Waals surface area contributed by atoms with Crippen LogP contribution in [0.25, 0.3) is 33.6 Å². The number of H-pyrrole nitrogens is 2. The van der Waals surface area contributed by atoms with Crippen LogP contribution in [0.3, 0.4) is 0 Å². The minimum Gasteiger partial charge on any atom is -0.453 e. The minimum absolute atomic E-state index is 0.118. The molecule has 0 radical (unpaired) electrons. The van der Waals surface area contributed by atoms with Crippen molar-refractivity contribution in [2.75, 3.05) is 34.4 Å². The highest BCUT2D eigenvalue weighted by molar-refractivity contribution is 5.86. The third kappa shape index (κ3) is 9.60. The van der Waals surface area contributed by atoms with E-state index < -0.39 is 30.6 Å². The Kier molecular flexibility index (Phi) is 13.7. The summed E-state index contributed by atoms with van der Waals surface area (Å²) < 4.78 is 21.1. The number of hydrogen-bond acceptors (Lipinski definition) is 10. The van der Waals surface area contributed by atoms with E-state index in [0.717, 1.165) is 58.6 Å². The van der Waals surface area contributed by atoms with Crippen LogP contribution in [0.5, 0.6) is 0 Å². The summed E-state index contributed by atoms with van der Waals surface area (Å²) in [5.41, 5.74) is 11.5. The molecule has 2 fully saturated rings. The van der Waals surface area contributed by atoms with Gasteiger partial charge in [0.2, 0.25) is 5.91 Å². The Bertz CT molecular complexity index is 2070. The molecule has 316 valence electrons. The second-order valence-electron chi connectivity index (χ2n) is 15.7. The van der Waals surface area contributed by atoms with Gasteiger partial charge in [0.15, 0.2) is 12.4 Å². The molecule has 2 saturated heterocycles. The Morgan fingerprint density at radius 2 is 1.34 bits per heavy atom. The van der Waals surface area contributed by atoms with E-state index in [-0.39, 0.29) is 35.7 Å². The Morgan fingerprint density at radius 3 is 1.88 bits per heavy atom. The molecule has 2 aromatic carbocycles. The largest absolute Gasteiger partial charge is 0.453 e. The van der Waals surface area contributed by atoms with Crippen molar-refractivity contribution in [3.8, 4) is 33.6 Å². The number of primary amides is 1. The van der Waals surface area contributed by atoms with Gasteiger partial charge in [-0.1, -0.05) is 76.2 Å². The number of aromatic amines is 2. The summed E-state index contributed by atoms with van der Waals surface area (Å²) in [5.74, 6) is 0.518. The molecule has 16 nitrogen and oxygen atoms in total. The third-order valence-electron chi connectivity index (χ3n) is 11.2. The summed E-state index contributed by atoms with van der Waals surface area (Å²) in [5, 5.41) is 2.69. The number of alkyl carbamates (subject to hydrolysis) is 1. The number of imidazole rings is 2. The summed E-state index contributed by atoms with van der Waals surface area (Å²) >= 11 is 0. The highest BCUT2D eigenvalue weighted by atomic mass is 16.7. The third-order valence-corrected chi connectivity index (χ3v) is 11.2. The fraction of sp³-hybridized carbons (Fsp3) is 0.488. The van der Waals surface area contributed by atoms with Crippen LogP contribution in [-0.2, 0) is 35.0 Å². The van der Waals surface area contributed by atoms with E-state index in [1.165, 1.54) is 7.11 Å². The average molecular weight is 813 g/mol. The van der Waals surface area contributed by atoms with E-state index in [0.29, 0.717) is 37.6 Å². The predicted octanol–water partition coefficient (Wildman–Crippen LogP) is 6.12. The Labute approximate surface area is 344 Å². The van der Waals surface area contributed by atoms with E-state index in [9.17, 15) is 19.2 Å². The molecule has 16 heteroatoms. The van der Waals surface area contributed by atoms with Crippen LogP contribution >= 0.6 is 0 Å². The maximum atomic E-state index is 13.7. The van der Waals surface area contributed by atoms with Crippen molar-refractivity contribution in [2.24, 2.45) is 17.6 Å². The summed E-state index contributed by atoms with van der Waals surface area (Å²) in [6, 6.07) is 15.1. The van der Waals surface area contributed by atoms with Gasteiger partial charge in [-0.2, -0.15) is 0 Å². The second kappa shape index (κ2) is 18.9. The molecule has 4 aromatic rings. The number of rotatable bonds is 15. The number of carbonyl (C=O) groups is 4. The lowest BCUT2D eigenvalue weighted by Crippen LogP contribution is -2.51. The number of amides is 4. The Hall–Kier alpha value is -5.74. The van der Waals surface area contributed by atoms with Crippen LogP contribution in [0.15, 0.2) is 54.7 Å². The number of benzene rings is 2. The molecule has 6 rings (SSSR count). The maximum Gasteiger partial charge on any atom is 0.407 e. The van der Waals surface area contributed by atoms with Crippen LogP contribution < -0.4 is 11.1 Å². The zero-order valence-corrected chi connectivity index (χ0v) is 34.8. The SMILES string of the molecule is COC(=O)N[C@H](C(=O)N1CCCC1c1nc(-c2ccc(-c3ccc(-c4[nH]c([C@@H]5CCCN5C(=O)[C@@H](OC(N)=O)C(C)C)nc4CC(OC)OC)cc3)cc2)c[nH]1)C(C)C. The van der Waals surface area contributed by atoms with E-state index in [1.807, 2.05) is 58.2 Å². The number of ether oxygens (including phenoxy) is 4. The number of likely N-dealkylation sites (tertiary alicyclic amines) is 2. The monoisotopic (exact) mass is 812 g/mol. The average Bonchev–Trinajstić information content (AvgIpc) is 4.07. The van der Waals surface area contributed by atoms with Gasteiger partial charge < -0.3 is 49.8 Å². The van der Waals surface area contributed by atoms with Gasteiger partial charge in [0, 0.05) is 45.5 Å². The molecule has 2 aliphatic rings. The lowest BCUT2D eigenvalue weighted by molar-refractivity contribution is -0.143. The van der Waals surface area contributed by atoms with Crippen LogP contribution in [0.2, 0.25) is 0 Å². The molecule has 0 aliphatic carbocycles. The van der Waals surface area contributed by atoms with Gasteiger partial charge in [-0.15, -0.1) is 0 Å². The van der Waals surface area contributed by atoms with Crippen molar-refractivity contribution in [2.45, 2.75) is 90.3 Å². The number of methoxy groups -OCH3 is 3. The normalized spacial score (nSPS) is 17.8. The summed E-state index contributed by atoms with van der Waals surface area (Å²) in [6.45, 7) is 8.51. The van der Waals surface area contributed by atoms with E-state index in [2.05, 4.69) is 39.6 Å². The smallest absolute Gasteiger partial charge is 0.407 e. The van der Waals surface area contributed by atoms with E-state index in [4.69, 9.17) is 34.6 Å². The number of aromatic nitrogens is 4. The topological polar surface area (TPSA) is 207 Å². The first kappa shape index (κ1) is 42.9. The highest BCUT2D eigenvalue weighted by Crippen LogP contribution is 2.36. The molecule has 4 atom stereocenters. The van der Waals surface area contributed by atoms with Crippen molar-refractivity contribution in [1.29, 1.82) is 0 Å². The second-order valence-corrected chi connectivity index (χ2v) is 15.7. The van der Waals surface area contributed by atoms with Gasteiger partial charge >= 0.3 is 12.2 Å². The number of carbonyl (C=O) groups excluding carboxylic acids is 4. The molecule has 0 spiro atoms. The zero-order valence-electron chi connectivity index (χ0n) is 34.8. The van der Waals surface area contributed by atoms with Gasteiger partial charge in [-0.05, 0) is 54.2 Å². The van der Waals surface area contributed by atoms with Gasteiger partial charge in [0.1, 0.15) is 17.7 Å². The van der Waals surface area contributed by atoms with Crippen molar-refractivity contribution in [1.82, 2.24) is 35.1 Å². The molecule has 59 heavy (non-hydrogen) atoms. The number of nitrogens with one attached hydrogen (secondary N) is 3. The molecule has 4 heterocycles. The molecule has 0 saturated carbocycles. The molecule has 2 aromatic heterocycles. The number of hydrogen-bond donors (Lipinski definition) is 4. The first-order valence-corrected chi connectivity index (χ1v) is 20.2. The lowest BCUT2D eigenvalue weighted by Gasteiger charge is -2.29. The maximum absolute atomic E-state index is 13.7. The molecule has 1 unspecified atom stereocenters. The number of nitrogens with zero attached hydrogens (tertiary/aromatic N) is 4. The zero-order chi connectivity index (χ0) is 42.4. The van der Waals surface area contributed by atoms with Gasteiger partial charge in [-0.25, -0.2) is 19.6 Å². The van der Waals surface area contributed by atoms with Crippen LogP contribution in [0.4, 0.5) is 9.59 Å². The van der Waals surface area contributed by atoms with Gasteiger partial charge in [0.05, 0.1) is 36.3 Å². The lowest BCUT2D eigenvalue weighted by atomic mass is 10.0. The molecule has 0 bridgehead atoms. The minimum atomic E-state index is -0.992. The van der Waals surface area contributed by atoms with Crippen molar-refractivity contribution >= 4 is 24.0 Å². The summed E-state index contributed by atoms with van der Waals surface area (Å²) in [6.07, 6.45) is 2.16. The standard InChI is InChI=1S/C43H56N8O8/c1-24(2)35(49-43(55)58-7)40(52)50-20-8-10-32(50)38-45-23-31(47-38)28-16-12-26(13-17-28)27-14-18-29(19-15-27)36-30(22-34(56-5)57-6)46-39(48-36)33-11-9-21-51(33)41(53)37(25(3)4)59-42(44)54/h12-19,23-25,32-35,37H,8-11,20-22H2,1-7H3,(H2,44,54)(H,45,47)(H,46,48)(H,49,55)/t32?,33-,35-,37-/m0/s1. The Balaban J connectivity index is 1.19. The molecular formula is C43H56N8O8. The molecule has 5 N–H and O–H groups in total. The first-order valence-electron chi connectivity index (χ1n) is 20.2. The summed E-state index contributed by atoms with van der Waals surface area (Å²) in [7, 11) is 4.45. The van der Waals surface area contributed by atoms with E-state index in [1.54, 1.807) is 24.0 Å².